The largest absolute Gasteiger partial charge is 0.444 e. The van der Waals surface area contributed by atoms with Crippen molar-refractivity contribution >= 4 is 6.09 Å². The second-order valence-electron chi connectivity index (χ2n) is 7.34. The van der Waals surface area contributed by atoms with Gasteiger partial charge in [0.05, 0.1) is 13.2 Å². The zero-order valence-corrected chi connectivity index (χ0v) is 14.2. The van der Waals surface area contributed by atoms with E-state index in [4.69, 9.17) is 14.2 Å². The lowest BCUT2D eigenvalue weighted by atomic mass is 9.90. The van der Waals surface area contributed by atoms with Crippen molar-refractivity contribution in [3.05, 3.63) is 0 Å². The molecule has 2 N–H and O–H groups in total. The molecule has 1 saturated carbocycles. The number of ether oxygens (including phenoxy) is 3. The molecule has 1 spiro atoms. The Balaban J connectivity index is 1.63. The summed E-state index contributed by atoms with van der Waals surface area (Å²) in [5, 5.41) is 6.37. The van der Waals surface area contributed by atoms with E-state index in [1.165, 1.54) is 0 Å². The Morgan fingerprint density at radius 1 is 1.27 bits per heavy atom. The maximum Gasteiger partial charge on any atom is 0.407 e. The maximum atomic E-state index is 11.7. The fraction of sp³-hybridized carbons (Fsp3) is 0.938. The van der Waals surface area contributed by atoms with Crippen LogP contribution in [-0.2, 0) is 14.2 Å². The fourth-order valence-electron chi connectivity index (χ4n) is 2.95. The highest BCUT2D eigenvalue weighted by Gasteiger charge is 2.40. The minimum absolute atomic E-state index is 0.0321. The number of carbonyl (C=O) groups is 1. The molecule has 2 aliphatic rings. The Morgan fingerprint density at radius 3 is 2.41 bits per heavy atom. The van der Waals surface area contributed by atoms with E-state index in [2.05, 4.69) is 10.6 Å². The van der Waals surface area contributed by atoms with Crippen molar-refractivity contribution in [2.24, 2.45) is 0 Å². The third kappa shape index (κ3) is 5.41. The Kier molecular flexibility index (Phi) is 5.69. The van der Waals surface area contributed by atoms with Gasteiger partial charge in [0.1, 0.15) is 5.60 Å². The van der Waals surface area contributed by atoms with Gasteiger partial charge < -0.3 is 24.8 Å². The van der Waals surface area contributed by atoms with Crippen molar-refractivity contribution < 1.29 is 19.0 Å². The SMILES string of the molecule is CC(CNC1CCC2(CC1)OCCO2)NC(=O)OC(C)(C)C. The van der Waals surface area contributed by atoms with Crippen LogP contribution >= 0.6 is 0 Å². The Bertz CT molecular complexity index is 365. The van der Waals surface area contributed by atoms with Crippen molar-refractivity contribution in [1.29, 1.82) is 0 Å². The molecule has 6 nitrogen and oxygen atoms in total. The molecule has 1 amide bonds. The van der Waals surface area contributed by atoms with E-state index >= 15 is 0 Å². The summed E-state index contributed by atoms with van der Waals surface area (Å²) in [6.45, 7) is 9.73. The second-order valence-corrected chi connectivity index (χ2v) is 7.34. The standard InChI is InChI=1S/C16H30N2O4/c1-12(18-14(19)22-15(2,3)4)11-17-13-5-7-16(8-6-13)20-9-10-21-16/h12-13,17H,5-11H2,1-4H3,(H,18,19). The Hall–Kier alpha value is -0.850. The molecule has 22 heavy (non-hydrogen) atoms. The lowest BCUT2D eigenvalue weighted by Gasteiger charge is -2.36. The quantitative estimate of drug-likeness (QED) is 0.832. The molecule has 1 aliphatic carbocycles. The van der Waals surface area contributed by atoms with Crippen molar-refractivity contribution in [2.75, 3.05) is 19.8 Å². The molecule has 0 aromatic heterocycles. The first-order valence-electron chi connectivity index (χ1n) is 8.29. The van der Waals surface area contributed by atoms with Crippen LogP contribution in [0.25, 0.3) is 0 Å². The maximum absolute atomic E-state index is 11.7. The Labute approximate surface area is 133 Å². The van der Waals surface area contributed by atoms with E-state index in [9.17, 15) is 4.79 Å². The lowest BCUT2D eigenvalue weighted by Crippen LogP contribution is -2.47. The van der Waals surface area contributed by atoms with Gasteiger partial charge >= 0.3 is 6.09 Å². The normalized spacial score (nSPS) is 23.5. The van der Waals surface area contributed by atoms with Crippen LogP contribution in [-0.4, -0.2) is 49.3 Å². The van der Waals surface area contributed by atoms with E-state index in [0.29, 0.717) is 6.04 Å². The smallest absolute Gasteiger partial charge is 0.407 e. The van der Waals surface area contributed by atoms with Crippen LogP contribution in [0.15, 0.2) is 0 Å². The number of rotatable bonds is 4. The highest BCUT2D eigenvalue weighted by atomic mass is 16.7. The van der Waals surface area contributed by atoms with Gasteiger partial charge in [-0.1, -0.05) is 0 Å². The van der Waals surface area contributed by atoms with Gasteiger partial charge in [-0.05, 0) is 40.5 Å². The minimum Gasteiger partial charge on any atom is -0.444 e. The second kappa shape index (κ2) is 7.15. The van der Waals surface area contributed by atoms with Crippen LogP contribution in [0.2, 0.25) is 0 Å². The van der Waals surface area contributed by atoms with Crippen molar-refractivity contribution in [2.45, 2.75) is 76.9 Å². The average Bonchev–Trinajstić information content (AvgIpc) is 2.84. The van der Waals surface area contributed by atoms with Gasteiger partial charge in [-0.3, -0.25) is 0 Å². The average molecular weight is 314 g/mol. The predicted molar refractivity (Wildman–Crippen MR) is 83.7 cm³/mol. The van der Waals surface area contributed by atoms with E-state index in [1.807, 2.05) is 27.7 Å². The summed E-state index contributed by atoms with van der Waals surface area (Å²) < 4.78 is 16.7. The molecule has 128 valence electrons. The lowest BCUT2D eigenvalue weighted by molar-refractivity contribution is -0.179. The molecule has 0 radical (unpaired) electrons. The van der Waals surface area contributed by atoms with Gasteiger partial charge in [0.2, 0.25) is 0 Å². The van der Waals surface area contributed by atoms with E-state index < -0.39 is 5.60 Å². The van der Waals surface area contributed by atoms with Gasteiger partial charge in [-0.15, -0.1) is 0 Å². The number of alkyl carbamates (subject to hydrolysis) is 1. The first-order valence-corrected chi connectivity index (χ1v) is 8.29. The number of hydrogen-bond acceptors (Lipinski definition) is 5. The van der Waals surface area contributed by atoms with Crippen LogP contribution < -0.4 is 10.6 Å². The number of carbonyl (C=O) groups excluding carboxylic acids is 1. The monoisotopic (exact) mass is 314 g/mol. The van der Waals surface area contributed by atoms with Gasteiger partial charge in [0.25, 0.3) is 0 Å². The number of hydrogen-bond donors (Lipinski definition) is 2. The molecule has 6 heteroatoms. The van der Waals surface area contributed by atoms with Crippen LogP contribution in [0.1, 0.15) is 53.4 Å². The minimum atomic E-state index is -0.462. The summed E-state index contributed by atoms with van der Waals surface area (Å²) >= 11 is 0. The van der Waals surface area contributed by atoms with Gasteiger partial charge in [0.15, 0.2) is 5.79 Å². The van der Waals surface area contributed by atoms with E-state index in [1.54, 1.807) is 0 Å². The molecule has 1 unspecified atom stereocenters. The first-order chi connectivity index (χ1) is 10.3. The molecular weight excluding hydrogens is 284 g/mol. The van der Waals surface area contributed by atoms with Crippen LogP contribution in [0.4, 0.5) is 4.79 Å². The number of amides is 1. The van der Waals surface area contributed by atoms with Crippen LogP contribution in [0, 0.1) is 0 Å². The molecule has 1 saturated heterocycles. The van der Waals surface area contributed by atoms with Gasteiger partial charge in [0, 0.05) is 31.5 Å². The topological polar surface area (TPSA) is 68.8 Å². The third-order valence-electron chi connectivity index (χ3n) is 4.04. The van der Waals surface area contributed by atoms with Crippen molar-refractivity contribution in [1.82, 2.24) is 10.6 Å². The Morgan fingerprint density at radius 2 is 1.86 bits per heavy atom. The molecule has 0 bridgehead atoms. The highest BCUT2D eigenvalue weighted by Crippen LogP contribution is 2.35. The zero-order valence-electron chi connectivity index (χ0n) is 14.2. The molecule has 1 heterocycles. The molecule has 2 fully saturated rings. The highest BCUT2D eigenvalue weighted by molar-refractivity contribution is 5.68. The predicted octanol–water partition coefficient (Wildman–Crippen LogP) is 2.17. The fourth-order valence-corrected chi connectivity index (χ4v) is 2.95. The molecule has 2 rings (SSSR count). The molecular formula is C16H30N2O4. The summed E-state index contributed by atoms with van der Waals surface area (Å²) in [4.78, 5) is 11.7. The third-order valence-corrected chi connectivity index (χ3v) is 4.04. The molecule has 1 atom stereocenters. The van der Waals surface area contributed by atoms with Crippen LogP contribution in [0.3, 0.4) is 0 Å². The number of nitrogens with one attached hydrogen (secondary N) is 2. The summed E-state index contributed by atoms with van der Waals surface area (Å²) in [6.07, 6.45) is 3.60. The van der Waals surface area contributed by atoms with E-state index in [-0.39, 0.29) is 17.9 Å². The zero-order chi connectivity index (χ0) is 16.2. The van der Waals surface area contributed by atoms with Crippen molar-refractivity contribution in [3.63, 3.8) is 0 Å². The van der Waals surface area contributed by atoms with Gasteiger partial charge in [-0.2, -0.15) is 0 Å². The summed E-state index contributed by atoms with van der Waals surface area (Å²) in [5.41, 5.74) is -0.462. The molecule has 0 aromatic rings. The van der Waals surface area contributed by atoms with Gasteiger partial charge in [-0.25, -0.2) is 4.79 Å². The van der Waals surface area contributed by atoms with Crippen molar-refractivity contribution in [3.8, 4) is 0 Å². The summed E-state index contributed by atoms with van der Waals surface area (Å²) in [5.74, 6) is -0.307. The summed E-state index contributed by atoms with van der Waals surface area (Å²) in [7, 11) is 0. The molecule has 1 aliphatic heterocycles. The summed E-state index contributed by atoms with van der Waals surface area (Å²) in [6, 6.07) is 0.492. The first kappa shape index (κ1) is 17.5. The van der Waals surface area contributed by atoms with Crippen LogP contribution in [0.5, 0.6) is 0 Å². The molecule has 0 aromatic carbocycles. The van der Waals surface area contributed by atoms with E-state index in [0.717, 1.165) is 45.4 Å².